The number of aliphatic hydroxyl groups excluding tert-OH is 3. The van der Waals surface area contributed by atoms with Gasteiger partial charge in [0, 0.05) is 0 Å². The minimum absolute atomic E-state index is 0.314. The van der Waals surface area contributed by atoms with Crippen molar-refractivity contribution >= 4 is 5.97 Å². The third-order valence-corrected chi connectivity index (χ3v) is 10.5. The number of hydrogen-bond acceptors (Lipinski definition) is 6. The monoisotopic (exact) mass is 560 g/mol. The van der Waals surface area contributed by atoms with Gasteiger partial charge in [-0.2, -0.15) is 0 Å². The van der Waals surface area contributed by atoms with Crippen molar-refractivity contribution in [1.82, 2.24) is 0 Å². The van der Waals surface area contributed by atoms with E-state index in [0.717, 1.165) is 41.7 Å². The van der Waals surface area contributed by atoms with E-state index in [4.69, 9.17) is 9.47 Å². The second kappa shape index (κ2) is 13.2. The molecule has 0 radical (unpaired) electrons. The summed E-state index contributed by atoms with van der Waals surface area (Å²) in [5, 5.41) is 39.8. The van der Waals surface area contributed by atoms with E-state index in [9.17, 15) is 25.2 Å². The van der Waals surface area contributed by atoms with Gasteiger partial charge in [0.25, 0.3) is 0 Å². The molecule has 40 heavy (non-hydrogen) atoms. The van der Waals surface area contributed by atoms with E-state index in [1.165, 1.54) is 44.9 Å². The summed E-state index contributed by atoms with van der Waals surface area (Å²) in [5.41, 5.74) is 4.10. The van der Waals surface area contributed by atoms with Crippen molar-refractivity contribution in [1.29, 1.82) is 0 Å². The lowest BCUT2D eigenvalue weighted by molar-refractivity contribution is -0.304. The average molecular weight is 561 g/mol. The number of carboxylic acids is 1. The Morgan fingerprint density at radius 3 is 2.52 bits per heavy atom. The first-order chi connectivity index (χ1) is 18.9. The molecule has 226 valence electrons. The van der Waals surface area contributed by atoms with Crippen molar-refractivity contribution < 1.29 is 34.7 Å². The van der Waals surface area contributed by atoms with Crippen LogP contribution in [0.5, 0.6) is 0 Å². The van der Waals surface area contributed by atoms with Gasteiger partial charge in [0.05, 0.1) is 6.10 Å². The Kier molecular flexibility index (Phi) is 10.4. The predicted molar refractivity (Wildman–Crippen MR) is 154 cm³/mol. The average Bonchev–Trinajstić information content (AvgIpc) is 3.26. The van der Waals surface area contributed by atoms with Gasteiger partial charge >= 0.3 is 5.97 Å². The number of ether oxygens (including phenoxy) is 2. The second-order valence-corrected chi connectivity index (χ2v) is 13.7. The zero-order valence-corrected chi connectivity index (χ0v) is 24.9. The van der Waals surface area contributed by atoms with Gasteiger partial charge in [-0.15, -0.1) is 0 Å². The smallest absolute Gasteiger partial charge is 0.335 e. The van der Waals surface area contributed by atoms with Gasteiger partial charge in [-0.05, 0) is 86.0 Å². The molecule has 10 atom stereocenters. The third kappa shape index (κ3) is 6.75. The van der Waals surface area contributed by atoms with Crippen LogP contribution in [0.15, 0.2) is 35.5 Å². The summed E-state index contributed by atoms with van der Waals surface area (Å²) in [6.45, 7) is 13.9. The van der Waals surface area contributed by atoms with Gasteiger partial charge in [-0.1, -0.05) is 76.8 Å². The molecule has 4 N–H and O–H groups in total. The van der Waals surface area contributed by atoms with Crippen LogP contribution in [0, 0.1) is 29.1 Å². The van der Waals surface area contributed by atoms with Crippen LogP contribution >= 0.6 is 0 Å². The molecule has 0 aromatic rings. The zero-order chi connectivity index (χ0) is 29.2. The molecule has 1 unspecified atom stereocenters. The normalized spacial score (nSPS) is 41.5. The fourth-order valence-electron chi connectivity index (χ4n) is 8.11. The lowest BCUT2D eigenvalue weighted by Crippen LogP contribution is -2.60. The molecule has 3 aliphatic carbocycles. The Morgan fingerprint density at radius 2 is 1.82 bits per heavy atom. The number of aliphatic carboxylic acids is 1. The van der Waals surface area contributed by atoms with Gasteiger partial charge < -0.3 is 29.9 Å². The van der Waals surface area contributed by atoms with Crippen molar-refractivity contribution in [2.24, 2.45) is 29.1 Å². The SMILES string of the molecule is C=C1CC[C@H](O[C@@H]2OC(C(=O)O)[C@@H](O)[C@H](O)[C@@H]2O)CC1=CC=C1CCC[C@]2(C)[C@@H]([C@H](C)CCCC(C)C)CC[C@@H]12. The highest BCUT2D eigenvalue weighted by atomic mass is 16.7. The fourth-order valence-corrected chi connectivity index (χ4v) is 8.11. The maximum atomic E-state index is 11.5. The molecule has 7 heteroatoms. The van der Waals surface area contributed by atoms with Crippen LogP contribution < -0.4 is 0 Å². The van der Waals surface area contributed by atoms with Crippen LogP contribution in [-0.4, -0.2) is 63.2 Å². The highest BCUT2D eigenvalue weighted by Gasteiger charge is 2.51. The van der Waals surface area contributed by atoms with E-state index in [-0.39, 0.29) is 6.10 Å². The van der Waals surface area contributed by atoms with E-state index in [2.05, 4.69) is 46.4 Å². The number of rotatable bonds is 9. The van der Waals surface area contributed by atoms with E-state index >= 15 is 0 Å². The highest BCUT2D eigenvalue weighted by Crippen LogP contribution is 2.60. The number of hydrogen-bond donors (Lipinski definition) is 4. The lowest BCUT2D eigenvalue weighted by Gasteiger charge is -2.44. The molecule has 4 fully saturated rings. The summed E-state index contributed by atoms with van der Waals surface area (Å²) in [7, 11) is 0. The molecule has 0 aromatic heterocycles. The van der Waals surface area contributed by atoms with Crippen LogP contribution in [0.4, 0.5) is 0 Å². The standard InChI is InChI=1S/C33H52O7/c1-19(2)8-6-9-21(4)25-15-16-26-22(10-7-17-33(25,26)5)12-13-23-18-24(14-11-20(23)3)39-32-29(36)27(34)28(35)30(40-32)31(37)38/h12-13,19,21,24-30,32,34-36H,3,6-11,14-18H2,1-2,4-5H3,(H,37,38)/t21-,24+,25-,26+,27+,28+,29+,30?,32-,33-/m1/s1. The summed E-state index contributed by atoms with van der Waals surface area (Å²) < 4.78 is 11.3. The van der Waals surface area contributed by atoms with Crippen LogP contribution in [0.2, 0.25) is 0 Å². The van der Waals surface area contributed by atoms with Crippen LogP contribution in [0.1, 0.15) is 98.3 Å². The Morgan fingerprint density at radius 1 is 1.07 bits per heavy atom. The van der Waals surface area contributed by atoms with Gasteiger partial charge in [0.1, 0.15) is 18.3 Å². The number of carbonyl (C=O) groups is 1. The molecule has 0 spiro atoms. The maximum absolute atomic E-state index is 11.5. The Hall–Kier alpha value is -1.51. The molecular formula is C33H52O7. The largest absolute Gasteiger partial charge is 0.479 e. The van der Waals surface area contributed by atoms with Gasteiger partial charge in [0.15, 0.2) is 12.4 Å². The summed E-state index contributed by atoms with van der Waals surface area (Å²) in [4.78, 5) is 11.5. The Bertz CT molecular complexity index is 970. The lowest BCUT2D eigenvalue weighted by atomic mass is 9.60. The van der Waals surface area contributed by atoms with Crippen LogP contribution in [0.25, 0.3) is 0 Å². The summed E-state index contributed by atoms with van der Waals surface area (Å²) in [6, 6.07) is 0. The van der Waals surface area contributed by atoms with Crippen molar-refractivity contribution in [2.75, 3.05) is 0 Å². The first-order valence-corrected chi connectivity index (χ1v) is 15.6. The molecule has 4 aliphatic rings. The zero-order valence-electron chi connectivity index (χ0n) is 24.9. The van der Waals surface area contributed by atoms with Gasteiger partial charge in [0.2, 0.25) is 0 Å². The minimum Gasteiger partial charge on any atom is -0.479 e. The Labute approximate surface area is 240 Å². The number of aliphatic hydroxyl groups is 3. The molecule has 0 amide bonds. The summed E-state index contributed by atoms with van der Waals surface area (Å²) in [6.07, 6.45) is 8.55. The third-order valence-electron chi connectivity index (χ3n) is 10.5. The quantitative estimate of drug-likeness (QED) is 0.293. The van der Waals surface area contributed by atoms with E-state index in [1.54, 1.807) is 5.57 Å². The molecular weight excluding hydrogens is 508 g/mol. The Balaban J connectivity index is 1.42. The fraction of sp³-hybridized carbons (Fsp3) is 0.788. The first-order valence-electron chi connectivity index (χ1n) is 15.6. The molecule has 7 nitrogen and oxygen atoms in total. The summed E-state index contributed by atoms with van der Waals surface area (Å²) in [5.74, 6) is 1.55. The minimum atomic E-state index is -1.72. The number of allylic oxidation sites excluding steroid dienone is 4. The molecule has 1 saturated heterocycles. The molecule has 3 saturated carbocycles. The predicted octanol–water partition coefficient (Wildman–Crippen LogP) is 5.54. The van der Waals surface area contributed by atoms with Crippen molar-refractivity contribution in [2.45, 2.75) is 135 Å². The number of fused-ring (bicyclic) bond motifs is 1. The van der Waals surface area contributed by atoms with Crippen molar-refractivity contribution in [3.8, 4) is 0 Å². The number of carboxylic acid groups (broad SMARTS) is 1. The maximum Gasteiger partial charge on any atom is 0.335 e. The van der Waals surface area contributed by atoms with Gasteiger partial charge in [-0.25, -0.2) is 4.79 Å². The van der Waals surface area contributed by atoms with E-state index in [0.29, 0.717) is 24.2 Å². The topological polar surface area (TPSA) is 116 Å². The molecule has 0 bridgehead atoms. The van der Waals surface area contributed by atoms with E-state index in [1.807, 2.05) is 0 Å². The molecule has 4 rings (SSSR count). The highest BCUT2D eigenvalue weighted by molar-refractivity contribution is 5.73. The molecule has 1 heterocycles. The van der Waals surface area contributed by atoms with Crippen molar-refractivity contribution in [3.63, 3.8) is 0 Å². The van der Waals surface area contributed by atoms with E-state index < -0.39 is 36.7 Å². The van der Waals surface area contributed by atoms with Gasteiger partial charge in [-0.3, -0.25) is 0 Å². The van der Waals surface area contributed by atoms with Crippen LogP contribution in [0.3, 0.4) is 0 Å². The van der Waals surface area contributed by atoms with Crippen molar-refractivity contribution in [3.05, 3.63) is 35.5 Å². The molecule has 1 aliphatic heterocycles. The molecule has 0 aromatic carbocycles. The first kappa shape index (κ1) is 31.4. The second-order valence-electron chi connectivity index (χ2n) is 13.7. The van der Waals surface area contributed by atoms with Crippen LogP contribution in [-0.2, 0) is 14.3 Å². The summed E-state index contributed by atoms with van der Waals surface area (Å²) >= 11 is 0.